The third-order valence-corrected chi connectivity index (χ3v) is 5.46. The van der Waals surface area contributed by atoms with E-state index in [4.69, 9.17) is 17.3 Å². The number of amides is 1. The summed E-state index contributed by atoms with van der Waals surface area (Å²) in [6, 6.07) is 9.13. The van der Waals surface area contributed by atoms with Crippen LogP contribution in [0.25, 0.3) is 10.9 Å². The van der Waals surface area contributed by atoms with Crippen molar-refractivity contribution >= 4 is 34.1 Å². The maximum Gasteiger partial charge on any atom is 0.254 e. The Morgan fingerprint density at radius 3 is 2.54 bits per heavy atom. The molecule has 1 aliphatic heterocycles. The summed E-state index contributed by atoms with van der Waals surface area (Å²) in [7, 11) is 0. The number of benzene rings is 1. The number of rotatable bonds is 3. The summed E-state index contributed by atoms with van der Waals surface area (Å²) in [5.41, 5.74) is 9.77. The minimum Gasteiger partial charge on any atom is -0.366 e. The van der Waals surface area contributed by atoms with E-state index in [1.165, 1.54) is 0 Å². The highest BCUT2D eigenvalue weighted by Gasteiger charge is 2.26. The fraction of sp³-hybridized carbons (Fsp3) is 0.286. The van der Waals surface area contributed by atoms with Crippen LogP contribution in [-0.4, -0.2) is 47.0 Å². The van der Waals surface area contributed by atoms with Crippen LogP contribution in [0.4, 0.5) is 5.69 Å². The molecule has 1 saturated heterocycles. The van der Waals surface area contributed by atoms with Crippen molar-refractivity contribution in [1.82, 2.24) is 14.9 Å². The average molecular weight is 396 g/mol. The maximum absolute atomic E-state index is 12.7. The van der Waals surface area contributed by atoms with E-state index in [0.29, 0.717) is 36.8 Å². The summed E-state index contributed by atoms with van der Waals surface area (Å²) in [5.74, 6) is 0.0357. The van der Waals surface area contributed by atoms with Gasteiger partial charge < -0.3 is 15.5 Å². The van der Waals surface area contributed by atoms with Gasteiger partial charge in [-0.25, -0.2) is 0 Å². The van der Waals surface area contributed by atoms with Crippen LogP contribution < -0.4 is 10.6 Å². The van der Waals surface area contributed by atoms with Gasteiger partial charge in [-0.3, -0.25) is 14.8 Å². The van der Waals surface area contributed by atoms with Gasteiger partial charge in [0, 0.05) is 61.8 Å². The number of nitrogens with two attached hydrogens (primary N) is 1. The molecule has 1 fully saturated rings. The third kappa shape index (κ3) is 3.41. The third-order valence-electron chi connectivity index (χ3n) is 5.15. The Bertz CT molecular complexity index is 1000. The fourth-order valence-electron chi connectivity index (χ4n) is 3.70. The normalized spacial score (nSPS) is 15.7. The SMILES string of the molecule is CC(N)c1cc(Cl)c2cccnc2c1N1CCN(C(=O)c2ccncc2)CC1. The average Bonchev–Trinajstić information content (AvgIpc) is 2.74. The smallest absolute Gasteiger partial charge is 0.254 e. The molecule has 0 radical (unpaired) electrons. The summed E-state index contributed by atoms with van der Waals surface area (Å²) in [4.78, 5) is 25.4. The first-order chi connectivity index (χ1) is 13.6. The van der Waals surface area contributed by atoms with Gasteiger partial charge in [0.15, 0.2) is 0 Å². The Kier molecular flexibility index (Phi) is 5.15. The molecule has 1 aliphatic rings. The van der Waals surface area contributed by atoms with Gasteiger partial charge in [-0.1, -0.05) is 11.6 Å². The lowest BCUT2D eigenvalue weighted by Gasteiger charge is -2.38. The Labute approximate surface area is 168 Å². The molecule has 0 spiro atoms. The van der Waals surface area contributed by atoms with Crippen molar-refractivity contribution in [3.63, 3.8) is 0 Å². The van der Waals surface area contributed by atoms with Crippen molar-refractivity contribution in [2.24, 2.45) is 5.73 Å². The highest BCUT2D eigenvalue weighted by molar-refractivity contribution is 6.36. The zero-order valence-electron chi connectivity index (χ0n) is 15.7. The summed E-state index contributed by atoms with van der Waals surface area (Å²) in [5, 5.41) is 1.57. The van der Waals surface area contributed by atoms with Crippen LogP contribution in [0.5, 0.6) is 0 Å². The summed E-state index contributed by atoms with van der Waals surface area (Å²) >= 11 is 6.48. The van der Waals surface area contributed by atoms with Crippen molar-refractivity contribution in [3.05, 3.63) is 65.1 Å². The standard InChI is InChI=1S/C21H22ClN5O/c1-14(23)17-13-18(22)16-3-2-6-25-19(16)20(17)26-9-11-27(12-10-26)21(28)15-4-7-24-8-5-15/h2-8,13-14H,9-12,23H2,1H3. The van der Waals surface area contributed by atoms with E-state index in [0.717, 1.165) is 22.2 Å². The summed E-state index contributed by atoms with van der Waals surface area (Å²) < 4.78 is 0. The molecule has 1 atom stereocenters. The van der Waals surface area contributed by atoms with E-state index in [-0.39, 0.29) is 11.9 Å². The molecule has 1 aromatic carbocycles. The molecular formula is C21H22ClN5O. The van der Waals surface area contributed by atoms with E-state index >= 15 is 0 Å². The Morgan fingerprint density at radius 2 is 1.86 bits per heavy atom. The number of piperazine rings is 1. The molecular weight excluding hydrogens is 374 g/mol. The fourth-order valence-corrected chi connectivity index (χ4v) is 3.97. The quantitative estimate of drug-likeness (QED) is 0.736. The second kappa shape index (κ2) is 7.73. The van der Waals surface area contributed by atoms with Crippen molar-refractivity contribution in [1.29, 1.82) is 0 Å². The molecule has 7 heteroatoms. The molecule has 0 bridgehead atoms. The van der Waals surface area contributed by atoms with Gasteiger partial charge in [-0.2, -0.15) is 0 Å². The molecule has 28 heavy (non-hydrogen) atoms. The molecule has 2 aromatic heterocycles. The maximum atomic E-state index is 12.7. The number of carbonyl (C=O) groups excluding carboxylic acids is 1. The van der Waals surface area contributed by atoms with Crippen LogP contribution in [0.2, 0.25) is 5.02 Å². The first kappa shape index (κ1) is 18.7. The van der Waals surface area contributed by atoms with Gasteiger partial charge in [0.2, 0.25) is 0 Å². The minimum atomic E-state index is -0.171. The van der Waals surface area contributed by atoms with Gasteiger partial charge in [-0.15, -0.1) is 0 Å². The molecule has 4 rings (SSSR count). The van der Waals surface area contributed by atoms with Crippen molar-refractivity contribution in [2.45, 2.75) is 13.0 Å². The molecule has 6 nitrogen and oxygen atoms in total. The Balaban J connectivity index is 1.63. The van der Waals surface area contributed by atoms with Crippen LogP contribution in [0.15, 0.2) is 48.9 Å². The molecule has 2 N–H and O–H groups in total. The zero-order chi connectivity index (χ0) is 19.7. The topological polar surface area (TPSA) is 75.3 Å². The summed E-state index contributed by atoms with van der Waals surface area (Å²) in [6.07, 6.45) is 5.06. The number of halogens is 1. The van der Waals surface area contributed by atoms with Crippen molar-refractivity contribution < 1.29 is 4.79 Å². The van der Waals surface area contributed by atoms with Gasteiger partial charge in [0.1, 0.15) is 0 Å². The molecule has 1 unspecified atom stereocenters. The van der Waals surface area contributed by atoms with E-state index in [1.807, 2.05) is 30.0 Å². The lowest BCUT2D eigenvalue weighted by Crippen LogP contribution is -2.49. The van der Waals surface area contributed by atoms with E-state index < -0.39 is 0 Å². The van der Waals surface area contributed by atoms with Gasteiger partial charge in [0.05, 0.1) is 16.2 Å². The second-order valence-electron chi connectivity index (χ2n) is 7.00. The second-order valence-corrected chi connectivity index (χ2v) is 7.41. The number of hydrogen-bond donors (Lipinski definition) is 1. The van der Waals surface area contributed by atoms with Crippen LogP contribution in [0.3, 0.4) is 0 Å². The van der Waals surface area contributed by atoms with E-state index in [9.17, 15) is 4.79 Å². The number of carbonyl (C=O) groups is 1. The van der Waals surface area contributed by atoms with E-state index in [1.54, 1.807) is 30.7 Å². The lowest BCUT2D eigenvalue weighted by atomic mass is 10.0. The van der Waals surface area contributed by atoms with Gasteiger partial charge >= 0.3 is 0 Å². The van der Waals surface area contributed by atoms with Crippen LogP contribution in [0, 0.1) is 0 Å². The number of aromatic nitrogens is 2. The number of hydrogen-bond acceptors (Lipinski definition) is 5. The Hall–Kier alpha value is -2.70. The van der Waals surface area contributed by atoms with Crippen LogP contribution >= 0.6 is 11.6 Å². The van der Waals surface area contributed by atoms with Crippen molar-refractivity contribution in [2.75, 3.05) is 31.1 Å². The number of anilines is 1. The number of nitrogens with zero attached hydrogens (tertiary/aromatic N) is 4. The first-order valence-electron chi connectivity index (χ1n) is 9.33. The van der Waals surface area contributed by atoms with Crippen molar-refractivity contribution in [3.8, 4) is 0 Å². The molecule has 3 aromatic rings. The predicted molar refractivity (Wildman–Crippen MR) is 112 cm³/mol. The molecule has 144 valence electrons. The van der Waals surface area contributed by atoms with Gasteiger partial charge in [0.25, 0.3) is 5.91 Å². The first-order valence-corrected chi connectivity index (χ1v) is 9.71. The molecule has 3 heterocycles. The van der Waals surface area contributed by atoms with Crippen LogP contribution in [-0.2, 0) is 0 Å². The van der Waals surface area contributed by atoms with Gasteiger partial charge in [-0.05, 0) is 42.8 Å². The monoisotopic (exact) mass is 395 g/mol. The Morgan fingerprint density at radius 1 is 1.14 bits per heavy atom. The van der Waals surface area contributed by atoms with E-state index in [2.05, 4.69) is 14.9 Å². The molecule has 0 aliphatic carbocycles. The lowest BCUT2D eigenvalue weighted by molar-refractivity contribution is 0.0746. The van der Waals surface area contributed by atoms with Crippen LogP contribution in [0.1, 0.15) is 28.9 Å². The predicted octanol–water partition coefficient (Wildman–Crippen LogP) is 3.27. The highest BCUT2D eigenvalue weighted by atomic mass is 35.5. The number of pyridine rings is 2. The summed E-state index contributed by atoms with van der Waals surface area (Å²) in [6.45, 7) is 4.65. The molecule has 1 amide bonds. The largest absolute Gasteiger partial charge is 0.366 e. The molecule has 0 saturated carbocycles. The minimum absolute atomic E-state index is 0.0357. The zero-order valence-corrected chi connectivity index (χ0v) is 16.4. The highest BCUT2D eigenvalue weighted by Crippen LogP contribution is 2.37. The number of fused-ring (bicyclic) bond motifs is 1.